The number of unbranched alkanes of at least 4 members (excludes halogenated alkanes) is 1. The Morgan fingerprint density at radius 1 is 1.50 bits per heavy atom. The maximum absolute atomic E-state index is 11.4. The van der Waals surface area contributed by atoms with Crippen LogP contribution in [-0.4, -0.2) is 29.7 Å². The minimum atomic E-state index is -0.435. The van der Waals surface area contributed by atoms with E-state index in [2.05, 4.69) is 12.2 Å². The molecule has 0 aromatic rings. The third-order valence-corrected chi connectivity index (χ3v) is 2.27. The topological polar surface area (TPSA) is 75.4 Å². The van der Waals surface area contributed by atoms with E-state index >= 15 is 0 Å². The van der Waals surface area contributed by atoms with Crippen molar-refractivity contribution in [3.8, 4) is 0 Å². The summed E-state index contributed by atoms with van der Waals surface area (Å²) in [7, 11) is 0. The van der Waals surface area contributed by atoms with Crippen molar-refractivity contribution >= 4 is 5.91 Å². The van der Waals surface area contributed by atoms with Crippen molar-refractivity contribution in [3.05, 3.63) is 0 Å². The molecule has 14 heavy (non-hydrogen) atoms. The van der Waals surface area contributed by atoms with Crippen LogP contribution in [0.3, 0.4) is 0 Å². The highest BCUT2D eigenvalue weighted by Gasteiger charge is 2.15. The van der Waals surface area contributed by atoms with Gasteiger partial charge in [-0.3, -0.25) is 4.79 Å². The number of aliphatic hydroxyl groups excluding tert-OH is 1. The molecular weight excluding hydrogens is 180 g/mol. The molecule has 0 radical (unpaired) electrons. The molecule has 0 saturated heterocycles. The lowest BCUT2D eigenvalue weighted by molar-refractivity contribution is -0.123. The van der Waals surface area contributed by atoms with Gasteiger partial charge >= 0.3 is 0 Å². The molecule has 0 aliphatic rings. The normalized spacial score (nSPS) is 14.9. The standard InChI is InChI=1S/C10H22N2O2/c1-3-5-6-9(11)10(14)12-8(4-2)7-13/h8-9,13H,3-7,11H2,1-2H3,(H,12,14)/t8-,9-/m0/s1. The molecule has 0 aliphatic heterocycles. The molecule has 2 atom stereocenters. The Hall–Kier alpha value is -0.610. The van der Waals surface area contributed by atoms with E-state index in [0.717, 1.165) is 19.3 Å². The van der Waals surface area contributed by atoms with Crippen LogP contribution in [0.25, 0.3) is 0 Å². The highest BCUT2D eigenvalue weighted by Crippen LogP contribution is 1.99. The lowest BCUT2D eigenvalue weighted by atomic mass is 10.1. The summed E-state index contributed by atoms with van der Waals surface area (Å²) < 4.78 is 0. The molecule has 0 spiro atoms. The zero-order valence-corrected chi connectivity index (χ0v) is 9.12. The van der Waals surface area contributed by atoms with Gasteiger partial charge in [-0.05, 0) is 12.8 Å². The van der Waals surface area contributed by atoms with Gasteiger partial charge in [0.2, 0.25) is 5.91 Å². The van der Waals surface area contributed by atoms with Crippen LogP contribution in [0.15, 0.2) is 0 Å². The minimum Gasteiger partial charge on any atom is -0.394 e. The summed E-state index contributed by atoms with van der Waals surface area (Å²) in [5, 5.41) is 11.6. The van der Waals surface area contributed by atoms with Crippen LogP contribution >= 0.6 is 0 Å². The Morgan fingerprint density at radius 3 is 2.57 bits per heavy atom. The van der Waals surface area contributed by atoms with Gasteiger partial charge in [-0.25, -0.2) is 0 Å². The molecule has 0 aromatic heterocycles. The fourth-order valence-electron chi connectivity index (χ4n) is 1.14. The second kappa shape index (κ2) is 7.76. The summed E-state index contributed by atoms with van der Waals surface area (Å²) in [5.74, 6) is -0.153. The van der Waals surface area contributed by atoms with E-state index in [-0.39, 0.29) is 18.6 Å². The first-order valence-corrected chi connectivity index (χ1v) is 5.32. The zero-order valence-electron chi connectivity index (χ0n) is 9.12. The molecule has 4 heteroatoms. The third-order valence-electron chi connectivity index (χ3n) is 2.27. The number of hydrogen-bond acceptors (Lipinski definition) is 3. The molecule has 84 valence electrons. The molecule has 0 fully saturated rings. The van der Waals surface area contributed by atoms with Crippen LogP contribution in [0.2, 0.25) is 0 Å². The van der Waals surface area contributed by atoms with Crippen molar-refractivity contribution in [3.63, 3.8) is 0 Å². The SMILES string of the molecule is CCCC[C@H](N)C(=O)N[C@@H](CC)CO. The quantitative estimate of drug-likeness (QED) is 0.559. The summed E-state index contributed by atoms with van der Waals surface area (Å²) in [6.07, 6.45) is 3.44. The fourth-order valence-corrected chi connectivity index (χ4v) is 1.14. The van der Waals surface area contributed by atoms with Gasteiger partial charge in [0.25, 0.3) is 0 Å². The Balaban J connectivity index is 3.81. The van der Waals surface area contributed by atoms with Crippen molar-refractivity contribution in [2.45, 2.75) is 51.6 Å². The van der Waals surface area contributed by atoms with E-state index in [9.17, 15) is 4.79 Å². The second-order valence-electron chi connectivity index (χ2n) is 3.55. The Kier molecular flexibility index (Phi) is 7.42. The molecule has 0 heterocycles. The minimum absolute atomic E-state index is 0.0251. The number of nitrogens with one attached hydrogen (secondary N) is 1. The number of aliphatic hydroxyl groups is 1. The van der Waals surface area contributed by atoms with Gasteiger partial charge in [-0.15, -0.1) is 0 Å². The summed E-state index contributed by atoms with van der Waals surface area (Å²) in [5.41, 5.74) is 5.67. The van der Waals surface area contributed by atoms with Gasteiger partial charge in [-0.1, -0.05) is 26.7 Å². The van der Waals surface area contributed by atoms with E-state index in [0.29, 0.717) is 6.42 Å². The fraction of sp³-hybridized carbons (Fsp3) is 0.900. The number of rotatable bonds is 7. The average Bonchev–Trinajstić information content (AvgIpc) is 2.21. The van der Waals surface area contributed by atoms with Gasteiger partial charge in [0.05, 0.1) is 18.7 Å². The molecule has 0 aromatic carbocycles. The first-order valence-electron chi connectivity index (χ1n) is 5.32. The van der Waals surface area contributed by atoms with Crippen molar-refractivity contribution in [2.75, 3.05) is 6.61 Å². The van der Waals surface area contributed by atoms with Gasteiger partial charge in [0, 0.05) is 0 Å². The van der Waals surface area contributed by atoms with E-state index < -0.39 is 6.04 Å². The number of carbonyl (C=O) groups is 1. The monoisotopic (exact) mass is 202 g/mol. The Morgan fingerprint density at radius 2 is 2.14 bits per heavy atom. The maximum atomic E-state index is 11.4. The van der Waals surface area contributed by atoms with Crippen LogP contribution in [0.1, 0.15) is 39.5 Å². The molecular formula is C10H22N2O2. The van der Waals surface area contributed by atoms with Gasteiger partial charge in [-0.2, -0.15) is 0 Å². The van der Waals surface area contributed by atoms with Crippen molar-refractivity contribution in [2.24, 2.45) is 5.73 Å². The average molecular weight is 202 g/mol. The predicted molar refractivity (Wildman–Crippen MR) is 56.8 cm³/mol. The Bertz CT molecular complexity index is 158. The smallest absolute Gasteiger partial charge is 0.237 e. The van der Waals surface area contributed by atoms with Gasteiger partial charge in [0.1, 0.15) is 0 Å². The molecule has 0 rings (SSSR count). The maximum Gasteiger partial charge on any atom is 0.237 e. The number of carbonyl (C=O) groups excluding carboxylic acids is 1. The molecule has 0 bridgehead atoms. The zero-order chi connectivity index (χ0) is 11.0. The van der Waals surface area contributed by atoms with Crippen molar-refractivity contribution in [1.29, 1.82) is 0 Å². The highest BCUT2D eigenvalue weighted by molar-refractivity contribution is 5.81. The van der Waals surface area contributed by atoms with E-state index in [1.807, 2.05) is 6.92 Å². The summed E-state index contributed by atoms with van der Waals surface area (Å²) in [6.45, 7) is 3.95. The van der Waals surface area contributed by atoms with E-state index in [1.165, 1.54) is 0 Å². The highest BCUT2D eigenvalue weighted by atomic mass is 16.3. The van der Waals surface area contributed by atoms with E-state index in [4.69, 9.17) is 10.8 Å². The molecule has 4 nitrogen and oxygen atoms in total. The predicted octanol–water partition coefficient (Wildman–Crippen LogP) is 0.391. The van der Waals surface area contributed by atoms with Crippen LogP contribution in [-0.2, 0) is 4.79 Å². The van der Waals surface area contributed by atoms with Crippen LogP contribution in [0.4, 0.5) is 0 Å². The second-order valence-corrected chi connectivity index (χ2v) is 3.55. The van der Waals surface area contributed by atoms with E-state index in [1.54, 1.807) is 0 Å². The molecule has 0 aliphatic carbocycles. The summed E-state index contributed by atoms with van der Waals surface area (Å²) in [6, 6.07) is -0.592. The van der Waals surface area contributed by atoms with Crippen molar-refractivity contribution < 1.29 is 9.90 Å². The van der Waals surface area contributed by atoms with Crippen LogP contribution in [0, 0.1) is 0 Å². The number of amides is 1. The lowest BCUT2D eigenvalue weighted by Gasteiger charge is -2.17. The summed E-state index contributed by atoms with van der Waals surface area (Å²) >= 11 is 0. The van der Waals surface area contributed by atoms with Crippen LogP contribution < -0.4 is 11.1 Å². The van der Waals surface area contributed by atoms with Gasteiger partial charge in [0.15, 0.2) is 0 Å². The van der Waals surface area contributed by atoms with Gasteiger partial charge < -0.3 is 16.2 Å². The van der Waals surface area contributed by atoms with Crippen LogP contribution in [0.5, 0.6) is 0 Å². The molecule has 4 N–H and O–H groups in total. The lowest BCUT2D eigenvalue weighted by Crippen LogP contribution is -2.46. The Labute approximate surface area is 85.9 Å². The third kappa shape index (κ3) is 5.19. The van der Waals surface area contributed by atoms with Crippen molar-refractivity contribution in [1.82, 2.24) is 5.32 Å². The summed E-state index contributed by atoms with van der Waals surface area (Å²) in [4.78, 5) is 11.4. The first kappa shape index (κ1) is 13.4. The number of hydrogen-bond donors (Lipinski definition) is 3. The molecule has 1 amide bonds. The first-order chi connectivity index (χ1) is 6.65. The molecule has 0 unspecified atom stereocenters. The number of nitrogens with two attached hydrogens (primary N) is 1. The molecule has 0 saturated carbocycles. The largest absolute Gasteiger partial charge is 0.394 e.